The molecule has 0 aliphatic heterocycles. The van der Waals surface area contributed by atoms with Crippen LogP contribution < -0.4 is 16.8 Å². The minimum Gasteiger partial charge on any atom is -0.479 e. The molecule has 0 bridgehead atoms. The van der Waals surface area contributed by atoms with E-state index in [1.54, 1.807) is 12.1 Å². The van der Waals surface area contributed by atoms with Crippen LogP contribution in [-0.4, -0.2) is 61.0 Å². The van der Waals surface area contributed by atoms with E-state index in [0.29, 0.717) is 31.4 Å². The number of fused-ring (bicyclic) bond motifs is 1. The number of carbonyl (C=O) groups excluding carboxylic acids is 3. The minimum atomic E-state index is -1.83. The van der Waals surface area contributed by atoms with Gasteiger partial charge in [0.25, 0.3) is 5.60 Å². The fourth-order valence-corrected chi connectivity index (χ4v) is 4.01. The maximum absolute atomic E-state index is 13.2. The summed E-state index contributed by atoms with van der Waals surface area (Å²) >= 11 is 0. The predicted octanol–water partition coefficient (Wildman–Crippen LogP) is -0.419. The molecule has 0 saturated heterocycles. The Hall–Kier alpha value is -3.51. The van der Waals surface area contributed by atoms with Crippen molar-refractivity contribution in [2.75, 3.05) is 19.7 Å². The standard InChI is InChI=1S/C21H26N4O8/c22-20(23)25-8-12-4-6-13(7-5-12)32-19(30)21(33-31-10-17(28)29)15-3-1-2-14(18(15)21)16(27)9-24-11-26/h1-3,11-13H,4-10H2,(H,24,26)(H,28,29)(H4,22,23,25). The molecule has 3 rings (SSSR count). The summed E-state index contributed by atoms with van der Waals surface area (Å²) in [6.45, 7) is -0.583. The van der Waals surface area contributed by atoms with Crippen LogP contribution in [0.15, 0.2) is 23.2 Å². The molecule has 33 heavy (non-hydrogen) atoms. The van der Waals surface area contributed by atoms with Crippen LogP contribution in [0.4, 0.5) is 0 Å². The van der Waals surface area contributed by atoms with Gasteiger partial charge in [0, 0.05) is 23.2 Å². The normalized spacial score (nSPS) is 23.0. The number of carbonyl (C=O) groups is 4. The summed E-state index contributed by atoms with van der Waals surface area (Å²) in [5, 5.41) is 11.1. The van der Waals surface area contributed by atoms with Gasteiger partial charge in [-0.2, -0.15) is 0 Å². The molecule has 0 radical (unpaired) electrons. The number of esters is 1. The van der Waals surface area contributed by atoms with E-state index in [9.17, 15) is 19.2 Å². The van der Waals surface area contributed by atoms with Crippen molar-refractivity contribution in [3.8, 4) is 0 Å². The van der Waals surface area contributed by atoms with Crippen LogP contribution >= 0.6 is 0 Å². The number of nitrogens with one attached hydrogen (secondary N) is 1. The lowest BCUT2D eigenvalue weighted by atomic mass is 9.87. The van der Waals surface area contributed by atoms with E-state index in [4.69, 9.17) is 31.1 Å². The Labute approximate surface area is 189 Å². The minimum absolute atomic E-state index is 0.0317. The Bertz CT molecular complexity index is 954. The van der Waals surface area contributed by atoms with Crippen LogP contribution in [-0.2, 0) is 34.5 Å². The van der Waals surface area contributed by atoms with Gasteiger partial charge in [-0.1, -0.05) is 18.2 Å². The van der Waals surface area contributed by atoms with Crippen molar-refractivity contribution in [3.05, 3.63) is 34.9 Å². The molecule has 1 aromatic rings. The second-order valence-electron chi connectivity index (χ2n) is 7.88. The molecule has 178 valence electrons. The van der Waals surface area contributed by atoms with Gasteiger partial charge < -0.3 is 26.6 Å². The summed E-state index contributed by atoms with van der Waals surface area (Å²) in [5.41, 5.74) is 9.64. The molecule has 6 N–H and O–H groups in total. The van der Waals surface area contributed by atoms with Gasteiger partial charge in [-0.25, -0.2) is 19.4 Å². The number of benzene rings is 1. The molecule has 1 aromatic carbocycles. The summed E-state index contributed by atoms with van der Waals surface area (Å²) in [6.07, 6.45) is 2.69. The smallest absolute Gasteiger partial charge is 0.351 e. The maximum Gasteiger partial charge on any atom is 0.351 e. The Morgan fingerprint density at radius 1 is 1.21 bits per heavy atom. The van der Waals surface area contributed by atoms with E-state index >= 15 is 0 Å². The molecular weight excluding hydrogens is 436 g/mol. The highest BCUT2D eigenvalue weighted by Crippen LogP contribution is 2.54. The van der Waals surface area contributed by atoms with Gasteiger partial charge in [0.15, 0.2) is 18.3 Å². The summed E-state index contributed by atoms with van der Waals surface area (Å²) in [7, 11) is 0. The highest BCUT2D eigenvalue weighted by molar-refractivity contribution is 6.07. The second kappa shape index (κ2) is 10.4. The number of carboxylic acid groups (broad SMARTS) is 1. The second-order valence-corrected chi connectivity index (χ2v) is 7.88. The molecule has 1 atom stereocenters. The number of hydrogen-bond donors (Lipinski definition) is 4. The third-order valence-corrected chi connectivity index (χ3v) is 5.63. The molecule has 0 aromatic heterocycles. The highest BCUT2D eigenvalue weighted by atomic mass is 17.2. The molecule has 1 amide bonds. The van der Waals surface area contributed by atoms with Crippen LogP contribution in [0.3, 0.4) is 0 Å². The maximum atomic E-state index is 13.2. The van der Waals surface area contributed by atoms with Gasteiger partial charge in [0.2, 0.25) is 6.41 Å². The van der Waals surface area contributed by atoms with Crippen molar-refractivity contribution < 1.29 is 38.8 Å². The predicted molar refractivity (Wildman–Crippen MR) is 113 cm³/mol. The molecule has 1 unspecified atom stereocenters. The summed E-state index contributed by atoms with van der Waals surface area (Å²) in [4.78, 5) is 61.1. The first-order chi connectivity index (χ1) is 15.8. The number of aliphatic imine (C=N–C) groups is 1. The zero-order valence-electron chi connectivity index (χ0n) is 17.8. The van der Waals surface area contributed by atoms with Crippen molar-refractivity contribution in [1.29, 1.82) is 0 Å². The van der Waals surface area contributed by atoms with Crippen LogP contribution in [0.5, 0.6) is 0 Å². The van der Waals surface area contributed by atoms with Crippen molar-refractivity contribution in [2.24, 2.45) is 22.4 Å². The summed E-state index contributed by atoms with van der Waals surface area (Å²) in [6, 6.07) is 4.60. The van der Waals surface area contributed by atoms with Gasteiger partial charge >= 0.3 is 11.9 Å². The van der Waals surface area contributed by atoms with E-state index in [1.165, 1.54) is 6.07 Å². The average Bonchev–Trinajstić information content (AvgIpc) is 3.45. The molecular formula is C21H26N4O8. The van der Waals surface area contributed by atoms with Gasteiger partial charge in [-0.15, -0.1) is 0 Å². The molecule has 12 heteroatoms. The van der Waals surface area contributed by atoms with Crippen LogP contribution in [0, 0.1) is 5.92 Å². The average molecular weight is 462 g/mol. The van der Waals surface area contributed by atoms with Crippen molar-refractivity contribution in [1.82, 2.24) is 5.32 Å². The number of guanidine groups is 1. The fourth-order valence-electron chi connectivity index (χ4n) is 4.01. The number of nitrogens with zero attached hydrogens (tertiary/aromatic N) is 1. The molecule has 0 spiro atoms. The zero-order chi connectivity index (χ0) is 24.0. The summed E-state index contributed by atoms with van der Waals surface area (Å²) in [5.74, 6) is -2.23. The monoisotopic (exact) mass is 462 g/mol. The first-order valence-corrected chi connectivity index (χ1v) is 10.4. The number of amides is 1. The molecule has 12 nitrogen and oxygen atoms in total. The van der Waals surface area contributed by atoms with Gasteiger partial charge in [-0.3, -0.25) is 14.6 Å². The fraction of sp³-hybridized carbons (Fsp3) is 0.476. The Morgan fingerprint density at radius 2 is 1.94 bits per heavy atom. The number of ketones is 1. The molecule has 0 heterocycles. The SMILES string of the molecule is NC(N)=NCC1CCC(OC(=O)C2(OOCC(=O)O)c3cccc(C(=O)CNC=O)c32)CC1. The van der Waals surface area contributed by atoms with Crippen molar-refractivity contribution >= 4 is 30.1 Å². The number of Topliss-reactive ketones (excluding diaryl/α,β-unsaturated/α-hetero) is 1. The number of nitrogens with two attached hydrogens (primary N) is 2. The largest absolute Gasteiger partial charge is 0.479 e. The van der Waals surface area contributed by atoms with Crippen molar-refractivity contribution in [3.63, 3.8) is 0 Å². The molecule has 1 fully saturated rings. The molecule has 1 saturated carbocycles. The number of rotatable bonds is 12. The number of hydrogen-bond acceptors (Lipinski definition) is 8. The third kappa shape index (κ3) is 5.46. The first kappa shape index (κ1) is 24.1. The zero-order valence-corrected chi connectivity index (χ0v) is 17.8. The van der Waals surface area contributed by atoms with E-state index < -0.39 is 29.9 Å². The van der Waals surface area contributed by atoms with Crippen LogP contribution in [0.25, 0.3) is 0 Å². The third-order valence-electron chi connectivity index (χ3n) is 5.63. The molecule has 2 aliphatic rings. The lowest BCUT2D eigenvalue weighted by Crippen LogP contribution is -2.35. The van der Waals surface area contributed by atoms with E-state index in [0.717, 1.165) is 12.8 Å². The Morgan fingerprint density at radius 3 is 2.58 bits per heavy atom. The van der Waals surface area contributed by atoms with Gasteiger partial charge in [-0.05, 0) is 31.6 Å². The van der Waals surface area contributed by atoms with Gasteiger partial charge in [0.1, 0.15) is 6.10 Å². The Kier molecular flexibility index (Phi) is 7.61. The van der Waals surface area contributed by atoms with Crippen LogP contribution in [0.1, 0.15) is 47.2 Å². The lowest BCUT2D eigenvalue weighted by Gasteiger charge is -2.28. The van der Waals surface area contributed by atoms with Crippen LogP contribution in [0.2, 0.25) is 0 Å². The van der Waals surface area contributed by atoms with E-state index in [2.05, 4.69) is 10.3 Å². The number of aliphatic carboxylic acids is 1. The summed E-state index contributed by atoms with van der Waals surface area (Å²) < 4.78 is 5.69. The first-order valence-electron chi connectivity index (χ1n) is 10.4. The van der Waals surface area contributed by atoms with E-state index in [1.807, 2.05) is 0 Å². The number of ether oxygens (including phenoxy) is 1. The Balaban J connectivity index is 1.72. The quantitative estimate of drug-likeness (QED) is 0.0603. The topological polar surface area (TPSA) is 193 Å². The number of carboxylic acids is 1. The highest BCUT2D eigenvalue weighted by Gasteiger charge is 2.64. The molecule has 2 aliphatic carbocycles. The van der Waals surface area contributed by atoms with Gasteiger partial charge in [0.05, 0.1) is 6.54 Å². The lowest BCUT2D eigenvalue weighted by molar-refractivity contribution is -0.335. The van der Waals surface area contributed by atoms with E-state index in [-0.39, 0.29) is 35.7 Å². The van der Waals surface area contributed by atoms with Crippen molar-refractivity contribution in [2.45, 2.75) is 37.4 Å².